The third-order valence-electron chi connectivity index (χ3n) is 5.00. The maximum atomic E-state index is 12.6. The van der Waals surface area contributed by atoms with Crippen LogP contribution in [0.1, 0.15) is 30.5 Å². The van der Waals surface area contributed by atoms with E-state index in [9.17, 15) is 4.79 Å². The second kappa shape index (κ2) is 8.98. The van der Waals surface area contributed by atoms with E-state index in [2.05, 4.69) is 25.4 Å². The van der Waals surface area contributed by atoms with Gasteiger partial charge in [0, 0.05) is 17.5 Å². The molecule has 9 heteroatoms. The predicted octanol–water partition coefficient (Wildman–Crippen LogP) is 4.00. The number of benzene rings is 1. The van der Waals surface area contributed by atoms with Gasteiger partial charge in [-0.05, 0) is 45.1 Å². The van der Waals surface area contributed by atoms with Crippen LogP contribution < -0.4 is 5.32 Å². The highest BCUT2D eigenvalue weighted by atomic mass is 32.1. The van der Waals surface area contributed by atoms with Crippen molar-refractivity contribution in [2.75, 3.05) is 18.4 Å². The molecular formula is C20H24N6OS2. The molecule has 1 aliphatic heterocycles. The standard InChI is InChI=1S/C20H24N6OS2/c1-14-5-7-15(8-6-14)18-23-24-20(28)26(18)12-17(27)22-19-21-16(13-29-19)11-25-9-3-2-4-10-25/h5-8,13H,2-4,9-12H2,1H3,(H,24,28)(H,21,22,27). The molecule has 29 heavy (non-hydrogen) atoms. The van der Waals surface area contributed by atoms with Crippen molar-refractivity contribution in [2.24, 2.45) is 0 Å². The van der Waals surface area contributed by atoms with Gasteiger partial charge in [0.2, 0.25) is 5.91 Å². The van der Waals surface area contributed by atoms with Gasteiger partial charge in [-0.2, -0.15) is 5.10 Å². The number of anilines is 1. The Morgan fingerprint density at radius 3 is 2.76 bits per heavy atom. The zero-order valence-corrected chi connectivity index (χ0v) is 18.0. The van der Waals surface area contributed by atoms with Crippen LogP contribution in [0.15, 0.2) is 29.6 Å². The molecule has 152 valence electrons. The maximum Gasteiger partial charge on any atom is 0.246 e. The van der Waals surface area contributed by atoms with Crippen LogP contribution >= 0.6 is 23.6 Å². The number of aromatic amines is 1. The van der Waals surface area contributed by atoms with Crippen LogP contribution in [0.5, 0.6) is 0 Å². The molecule has 1 saturated heterocycles. The van der Waals surface area contributed by atoms with Crippen molar-refractivity contribution < 1.29 is 4.79 Å². The lowest BCUT2D eigenvalue weighted by Gasteiger charge is -2.25. The van der Waals surface area contributed by atoms with Crippen LogP contribution in [0.4, 0.5) is 5.13 Å². The SMILES string of the molecule is Cc1ccc(-c2n[nH]c(=S)n2CC(=O)Nc2nc(CN3CCCCC3)cs2)cc1. The van der Waals surface area contributed by atoms with E-state index in [1.165, 1.54) is 30.6 Å². The number of hydrogen-bond acceptors (Lipinski definition) is 6. The Hall–Kier alpha value is -2.36. The summed E-state index contributed by atoms with van der Waals surface area (Å²) in [5, 5.41) is 12.6. The summed E-state index contributed by atoms with van der Waals surface area (Å²) in [6, 6.07) is 7.97. The molecule has 0 bridgehead atoms. The van der Waals surface area contributed by atoms with Crippen molar-refractivity contribution in [3.63, 3.8) is 0 Å². The molecule has 0 unspecified atom stereocenters. The van der Waals surface area contributed by atoms with E-state index in [-0.39, 0.29) is 12.5 Å². The zero-order valence-electron chi connectivity index (χ0n) is 16.4. The minimum absolute atomic E-state index is 0.0829. The van der Waals surface area contributed by atoms with E-state index in [4.69, 9.17) is 12.2 Å². The third-order valence-corrected chi connectivity index (χ3v) is 6.12. The minimum Gasteiger partial charge on any atom is -0.300 e. The molecular weight excluding hydrogens is 404 g/mol. The average Bonchev–Trinajstić information content (AvgIpc) is 3.30. The normalized spacial score (nSPS) is 14.8. The number of aryl methyl sites for hydroxylation is 1. The Balaban J connectivity index is 1.41. The number of hydrogen-bond donors (Lipinski definition) is 2. The van der Waals surface area contributed by atoms with Gasteiger partial charge in [-0.25, -0.2) is 4.98 Å². The fourth-order valence-corrected chi connectivity index (χ4v) is 4.39. The largest absolute Gasteiger partial charge is 0.300 e. The molecule has 0 aliphatic carbocycles. The highest BCUT2D eigenvalue weighted by Gasteiger charge is 2.15. The van der Waals surface area contributed by atoms with Crippen LogP contribution in [-0.2, 0) is 17.9 Å². The van der Waals surface area contributed by atoms with Crippen molar-refractivity contribution in [1.29, 1.82) is 0 Å². The van der Waals surface area contributed by atoms with Crippen LogP contribution in [0.2, 0.25) is 0 Å². The Bertz CT molecular complexity index is 1030. The smallest absolute Gasteiger partial charge is 0.246 e. The number of piperidine rings is 1. The first-order valence-corrected chi connectivity index (χ1v) is 11.1. The lowest BCUT2D eigenvalue weighted by molar-refractivity contribution is -0.116. The molecule has 1 aliphatic rings. The van der Waals surface area contributed by atoms with Gasteiger partial charge < -0.3 is 5.32 Å². The Labute approximate surface area is 178 Å². The quantitative estimate of drug-likeness (QED) is 0.580. The van der Waals surface area contributed by atoms with Crippen molar-refractivity contribution in [1.82, 2.24) is 24.6 Å². The predicted molar refractivity (Wildman–Crippen MR) is 117 cm³/mol. The molecule has 2 N–H and O–H groups in total. The van der Waals surface area contributed by atoms with Gasteiger partial charge in [-0.1, -0.05) is 36.2 Å². The summed E-state index contributed by atoms with van der Waals surface area (Å²) in [5.41, 5.74) is 3.08. The topological polar surface area (TPSA) is 78.8 Å². The van der Waals surface area contributed by atoms with Crippen LogP contribution in [0.3, 0.4) is 0 Å². The number of likely N-dealkylation sites (tertiary alicyclic amines) is 1. The van der Waals surface area contributed by atoms with E-state index in [0.29, 0.717) is 15.7 Å². The van der Waals surface area contributed by atoms with Gasteiger partial charge in [0.15, 0.2) is 15.7 Å². The number of nitrogens with zero attached hydrogens (tertiary/aromatic N) is 4. The van der Waals surface area contributed by atoms with Crippen molar-refractivity contribution in [3.8, 4) is 11.4 Å². The number of thiazole rings is 1. The molecule has 0 atom stereocenters. The third kappa shape index (κ3) is 4.98. The van der Waals surface area contributed by atoms with Crippen molar-refractivity contribution in [2.45, 2.75) is 39.3 Å². The summed E-state index contributed by atoms with van der Waals surface area (Å²) in [7, 11) is 0. The summed E-state index contributed by atoms with van der Waals surface area (Å²) < 4.78 is 2.12. The Morgan fingerprint density at radius 1 is 1.24 bits per heavy atom. The Morgan fingerprint density at radius 2 is 2.00 bits per heavy atom. The number of nitrogens with one attached hydrogen (secondary N) is 2. The van der Waals surface area contributed by atoms with Gasteiger partial charge in [-0.3, -0.25) is 19.4 Å². The van der Waals surface area contributed by atoms with Crippen LogP contribution in [0, 0.1) is 11.7 Å². The Kier molecular flexibility index (Phi) is 6.17. The lowest BCUT2D eigenvalue weighted by Crippen LogP contribution is -2.29. The summed E-state index contributed by atoms with van der Waals surface area (Å²) >= 11 is 6.78. The summed E-state index contributed by atoms with van der Waals surface area (Å²) in [4.78, 5) is 19.6. The molecule has 0 saturated carbocycles. The van der Waals surface area contributed by atoms with Gasteiger partial charge in [0.25, 0.3) is 0 Å². The lowest BCUT2D eigenvalue weighted by atomic mass is 10.1. The molecule has 3 aromatic rings. The number of aromatic nitrogens is 4. The second-order valence-electron chi connectivity index (χ2n) is 7.33. The minimum atomic E-state index is -0.172. The van der Waals surface area contributed by atoms with E-state index < -0.39 is 0 Å². The highest BCUT2D eigenvalue weighted by molar-refractivity contribution is 7.71. The zero-order chi connectivity index (χ0) is 20.2. The second-order valence-corrected chi connectivity index (χ2v) is 8.58. The highest BCUT2D eigenvalue weighted by Crippen LogP contribution is 2.20. The van der Waals surface area contributed by atoms with Crippen LogP contribution in [0.25, 0.3) is 11.4 Å². The van der Waals surface area contributed by atoms with E-state index in [1.54, 1.807) is 4.57 Å². The fourth-order valence-electron chi connectivity index (χ4n) is 3.47. The van der Waals surface area contributed by atoms with Crippen molar-refractivity contribution in [3.05, 3.63) is 45.7 Å². The van der Waals surface area contributed by atoms with Gasteiger partial charge in [0.1, 0.15) is 6.54 Å². The molecule has 1 aromatic carbocycles. The molecule has 4 rings (SSSR count). The van der Waals surface area contributed by atoms with E-state index in [1.807, 2.05) is 36.6 Å². The molecule has 2 aromatic heterocycles. The number of carbonyl (C=O) groups excluding carboxylic acids is 1. The number of rotatable bonds is 6. The van der Waals surface area contributed by atoms with Crippen LogP contribution in [-0.4, -0.2) is 43.6 Å². The monoisotopic (exact) mass is 428 g/mol. The summed E-state index contributed by atoms with van der Waals surface area (Å²) in [6.07, 6.45) is 3.82. The molecule has 7 nitrogen and oxygen atoms in total. The molecule has 0 spiro atoms. The average molecular weight is 429 g/mol. The molecule has 3 heterocycles. The molecule has 1 fully saturated rings. The first-order valence-electron chi connectivity index (χ1n) is 9.77. The first-order chi connectivity index (χ1) is 14.1. The van der Waals surface area contributed by atoms with Gasteiger partial charge in [0.05, 0.1) is 5.69 Å². The van der Waals surface area contributed by atoms with Gasteiger partial charge in [-0.15, -0.1) is 11.3 Å². The molecule has 0 radical (unpaired) electrons. The molecule has 1 amide bonds. The summed E-state index contributed by atoms with van der Waals surface area (Å²) in [5.74, 6) is 0.477. The van der Waals surface area contributed by atoms with E-state index in [0.717, 1.165) is 36.5 Å². The first kappa shape index (κ1) is 19.9. The van der Waals surface area contributed by atoms with E-state index >= 15 is 0 Å². The maximum absolute atomic E-state index is 12.6. The number of H-pyrrole nitrogens is 1. The number of amides is 1. The van der Waals surface area contributed by atoms with Gasteiger partial charge >= 0.3 is 0 Å². The fraction of sp³-hybridized carbons (Fsp3) is 0.400. The van der Waals surface area contributed by atoms with Crippen molar-refractivity contribution >= 4 is 34.6 Å². The summed E-state index contributed by atoms with van der Waals surface area (Å²) in [6.45, 7) is 5.21. The number of carbonyl (C=O) groups is 1.